The molecule has 0 saturated heterocycles. The maximum atomic E-state index is 11.8. The van der Waals surface area contributed by atoms with Crippen LogP contribution >= 0.6 is 0 Å². The number of aryl methyl sites for hydroxylation is 1. The number of carbonyl (C=O) groups is 1. The number of amides is 1. The van der Waals surface area contributed by atoms with Gasteiger partial charge in [-0.15, -0.1) is 0 Å². The fourth-order valence-electron chi connectivity index (χ4n) is 1.86. The lowest BCUT2D eigenvalue weighted by atomic mass is 9.84. The molecule has 0 spiro atoms. The first-order valence-electron chi connectivity index (χ1n) is 6.46. The zero-order valence-corrected chi connectivity index (χ0v) is 12.2. The van der Waals surface area contributed by atoms with Crippen LogP contribution in [0.1, 0.15) is 25.0 Å². The van der Waals surface area contributed by atoms with Crippen molar-refractivity contribution in [3.05, 3.63) is 35.4 Å². The molecule has 0 aromatic heterocycles. The van der Waals surface area contributed by atoms with Crippen molar-refractivity contribution < 1.29 is 9.53 Å². The fourth-order valence-corrected chi connectivity index (χ4v) is 1.86. The highest BCUT2D eigenvalue weighted by Gasteiger charge is 2.23. The number of methoxy groups -OCH3 is 1. The van der Waals surface area contributed by atoms with E-state index in [4.69, 9.17) is 10.5 Å². The lowest BCUT2D eigenvalue weighted by Gasteiger charge is -2.26. The highest BCUT2D eigenvalue weighted by Crippen LogP contribution is 2.22. The maximum absolute atomic E-state index is 11.8. The molecule has 106 valence electrons. The van der Waals surface area contributed by atoms with Crippen molar-refractivity contribution >= 4 is 5.91 Å². The molecule has 1 amide bonds. The van der Waals surface area contributed by atoms with Gasteiger partial charge in [0.2, 0.25) is 5.91 Å². The van der Waals surface area contributed by atoms with Crippen molar-refractivity contribution in [2.24, 2.45) is 5.73 Å². The Hall–Kier alpha value is -1.39. The second-order valence-electron chi connectivity index (χ2n) is 5.53. The van der Waals surface area contributed by atoms with Gasteiger partial charge in [0, 0.05) is 19.1 Å². The van der Waals surface area contributed by atoms with Crippen molar-refractivity contribution in [1.29, 1.82) is 0 Å². The van der Waals surface area contributed by atoms with Gasteiger partial charge in [-0.05, 0) is 12.5 Å². The number of benzene rings is 1. The Bertz CT molecular complexity index is 430. The molecule has 1 aromatic rings. The molecule has 1 unspecified atom stereocenters. The second-order valence-corrected chi connectivity index (χ2v) is 5.53. The first-order chi connectivity index (χ1) is 8.86. The minimum absolute atomic E-state index is 0.130. The highest BCUT2D eigenvalue weighted by atomic mass is 16.5. The predicted molar refractivity (Wildman–Crippen MR) is 77.1 cm³/mol. The summed E-state index contributed by atoms with van der Waals surface area (Å²) in [6.45, 7) is 7.05. The number of ether oxygens (including phenoxy) is 1. The van der Waals surface area contributed by atoms with E-state index in [0.717, 1.165) is 0 Å². The van der Waals surface area contributed by atoms with Gasteiger partial charge in [0.25, 0.3) is 0 Å². The highest BCUT2D eigenvalue weighted by molar-refractivity contribution is 5.81. The van der Waals surface area contributed by atoms with Crippen LogP contribution in [0.2, 0.25) is 0 Å². The quantitative estimate of drug-likeness (QED) is 0.815. The maximum Gasteiger partial charge on any atom is 0.239 e. The predicted octanol–water partition coefficient (Wildman–Crippen LogP) is 1.36. The molecule has 0 fully saturated rings. The number of hydrogen-bond acceptors (Lipinski definition) is 3. The van der Waals surface area contributed by atoms with E-state index >= 15 is 0 Å². The Labute approximate surface area is 115 Å². The van der Waals surface area contributed by atoms with Gasteiger partial charge in [-0.1, -0.05) is 43.7 Å². The van der Waals surface area contributed by atoms with E-state index in [2.05, 4.69) is 44.3 Å². The van der Waals surface area contributed by atoms with Crippen LogP contribution in [-0.4, -0.2) is 32.2 Å². The van der Waals surface area contributed by atoms with Gasteiger partial charge < -0.3 is 15.8 Å². The van der Waals surface area contributed by atoms with E-state index in [1.54, 1.807) is 0 Å². The number of rotatable bonds is 6. The van der Waals surface area contributed by atoms with Gasteiger partial charge >= 0.3 is 0 Å². The molecule has 0 radical (unpaired) electrons. The van der Waals surface area contributed by atoms with Crippen molar-refractivity contribution in [3.8, 4) is 0 Å². The standard InChI is InChI=1S/C15H24N2O2/c1-11-6-5-7-12(8-11)15(2,3)10-17-14(18)13(16)9-19-4/h5-8,13H,9-10,16H2,1-4H3,(H,17,18). The van der Waals surface area contributed by atoms with Crippen molar-refractivity contribution in [3.63, 3.8) is 0 Å². The summed E-state index contributed by atoms with van der Waals surface area (Å²) in [6, 6.07) is 7.70. The van der Waals surface area contributed by atoms with Gasteiger partial charge in [0.15, 0.2) is 0 Å². The monoisotopic (exact) mass is 264 g/mol. The zero-order valence-electron chi connectivity index (χ0n) is 12.2. The molecular formula is C15H24N2O2. The molecular weight excluding hydrogens is 240 g/mol. The average molecular weight is 264 g/mol. The number of hydrogen-bond donors (Lipinski definition) is 2. The van der Waals surface area contributed by atoms with Crippen molar-refractivity contribution in [2.75, 3.05) is 20.3 Å². The Kier molecular flexibility index (Phi) is 5.51. The van der Waals surface area contributed by atoms with Crippen molar-refractivity contribution in [1.82, 2.24) is 5.32 Å². The lowest BCUT2D eigenvalue weighted by molar-refractivity contribution is -0.123. The molecule has 1 rings (SSSR count). The molecule has 0 bridgehead atoms. The molecule has 4 heteroatoms. The van der Waals surface area contributed by atoms with Gasteiger partial charge in [-0.3, -0.25) is 4.79 Å². The molecule has 0 heterocycles. The first kappa shape index (κ1) is 15.7. The molecule has 19 heavy (non-hydrogen) atoms. The second kappa shape index (κ2) is 6.68. The summed E-state index contributed by atoms with van der Waals surface area (Å²) in [5, 5.41) is 2.88. The van der Waals surface area contributed by atoms with Crippen LogP contribution < -0.4 is 11.1 Å². The molecule has 4 nitrogen and oxygen atoms in total. The average Bonchev–Trinajstić information content (AvgIpc) is 2.36. The van der Waals surface area contributed by atoms with Crippen LogP contribution in [0.4, 0.5) is 0 Å². The van der Waals surface area contributed by atoms with E-state index in [1.165, 1.54) is 18.2 Å². The molecule has 3 N–H and O–H groups in total. The van der Waals surface area contributed by atoms with Crippen molar-refractivity contribution in [2.45, 2.75) is 32.2 Å². The summed E-state index contributed by atoms with van der Waals surface area (Å²) in [5.41, 5.74) is 7.97. The number of carbonyl (C=O) groups excluding carboxylic acids is 1. The summed E-state index contributed by atoms with van der Waals surface area (Å²) < 4.78 is 4.87. The van der Waals surface area contributed by atoms with Crippen LogP contribution in [0.5, 0.6) is 0 Å². The fraction of sp³-hybridized carbons (Fsp3) is 0.533. The Morgan fingerprint density at radius 2 is 2.16 bits per heavy atom. The van der Waals surface area contributed by atoms with E-state index in [0.29, 0.717) is 6.54 Å². The Morgan fingerprint density at radius 3 is 2.74 bits per heavy atom. The molecule has 1 aromatic carbocycles. The third kappa shape index (κ3) is 4.65. The minimum Gasteiger partial charge on any atom is -0.383 e. The van der Waals surface area contributed by atoms with Gasteiger partial charge in [0.05, 0.1) is 6.61 Å². The van der Waals surface area contributed by atoms with Crippen LogP contribution in [0.3, 0.4) is 0 Å². The van der Waals surface area contributed by atoms with Gasteiger partial charge in [-0.25, -0.2) is 0 Å². The largest absolute Gasteiger partial charge is 0.383 e. The van der Waals surface area contributed by atoms with E-state index in [-0.39, 0.29) is 17.9 Å². The molecule has 0 aliphatic heterocycles. The summed E-state index contributed by atoms with van der Waals surface area (Å²) in [5.74, 6) is -0.178. The Balaban J connectivity index is 2.63. The van der Waals surface area contributed by atoms with Crippen LogP contribution in [0, 0.1) is 6.92 Å². The topological polar surface area (TPSA) is 64.3 Å². The summed E-state index contributed by atoms with van der Waals surface area (Å²) in [4.78, 5) is 11.8. The van der Waals surface area contributed by atoms with Crippen LogP contribution in [0.25, 0.3) is 0 Å². The summed E-state index contributed by atoms with van der Waals surface area (Å²) in [6.07, 6.45) is 0. The van der Waals surface area contributed by atoms with Gasteiger partial charge in [0.1, 0.15) is 6.04 Å². The molecule has 0 aliphatic rings. The summed E-state index contributed by atoms with van der Waals surface area (Å²) in [7, 11) is 1.53. The first-order valence-corrected chi connectivity index (χ1v) is 6.46. The molecule has 0 saturated carbocycles. The number of nitrogens with two attached hydrogens (primary N) is 1. The minimum atomic E-state index is -0.613. The zero-order chi connectivity index (χ0) is 14.5. The third-order valence-electron chi connectivity index (χ3n) is 3.19. The normalized spacial score (nSPS) is 13.1. The Morgan fingerprint density at radius 1 is 1.47 bits per heavy atom. The lowest BCUT2D eigenvalue weighted by Crippen LogP contribution is -2.47. The van der Waals surface area contributed by atoms with E-state index < -0.39 is 6.04 Å². The van der Waals surface area contributed by atoms with E-state index in [9.17, 15) is 4.79 Å². The van der Waals surface area contributed by atoms with Crippen LogP contribution in [-0.2, 0) is 14.9 Å². The molecule has 1 atom stereocenters. The number of nitrogens with one attached hydrogen (secondary N) is 1. The SMILES string of the molecule is COCC(N)C(=O)NCC(C)(C)c1cccc(C)c1. The molecule has 0 aliphatic carbocycles. The summed E-state index contributed by atoms with van der Waals surface area (Å²) >= 11 is 0. The third-order valence-corrected chi connectivity index (χ3v) is 3.19. The van der Waals surface area contributed by atoms with Gasteiger partial charge in [-0.2, -0.15) is 0 Å². The smallest absolute Gasteiger partial charge is 0.239 e. The van der Waals surface area contributed by atoms with Crippen LogP contribution in [0.15, 0.2) is 24.3 Å². The van der Waals surface area contributed by atoms with E-state index in [1.807, 2.05) is 6.07 Å².